The number of aryl methyl sites for hydroxylation is 1. The number of alkyl halides is 2. The van der Waals surface area contributed by atoms with Gasteiger partial charge < -0.3 is 28.9 Å². The molecule has 1 unspecified atom stereocenters. The number of carbonyl (C=O) groups excluding carboxylic acids is 6. The molecule has 17 nitrogen and oxygen atoms in total. The standard InChI is InChI=1S/C55H60F2N10O7/c1-32(68)63-23-14-44-42(30-63)52(60-67(44)36-15-24-74-25-16-36)64-18-3-4-34-27-38(39(51(56)57)28-47(34)64)41-31-65(43-9-17-58-29-40(41)43)35-12-21-62(22-13-35)49(70)26-33-10-19-61(20-11-33)45-6-2-5-37-50(45)55(73)66(54(37)72)46-7-8-48(69)59-53(46)71/h2,5-6,9,17,27-29,31,33,35-36,46,51H,3-4,7-8,10-16,18-26,30H2,1H3,(H,59,69,71). The fourth-order valence-electron chi connectivity index (χ4n) is 13.0. The summed E-state index contributed by atoms with van der Waals surface area (Å²) in [5, 5.41) is 8.31. The summed E-state index contributed by atoms with van der Waals surface area (Å²) in [6.45, 7) is 6.87. The van der Waals surface area contributed by atoms with Crippen LogP contribution in [0.3, 0.4) is 0 Å². The summed E-state index contributed by atoms with van der Waals surface area (Å²) in [5.74, 6) is -1.16. The van der Waals surface area contributed by atoms with Crippen LogP contribution in [0.25, 0.3) is 22.0 Å². The Morgan fingerprint density at radius 1 is 0.811 bits per heavy atom. The van der Waals surface area contributed by atoms with Crippen LogP contribution in [0.4, 0.5) is 26.0 Å². The van der Waals surface area contributed by atoms with E-state index >= 15 is 8.78 Å². The SMILES string of the molecule is CC(=O)N1CCc2c(c(N3CCCc4cc(-c5cn(C6CCN(C(=O)CC7CCN(c8cccc9c8C(=O)N(C8CCC(=O)NC8=O)C9=O)CC7)CC6)c6ccncc56)c(C(F)F)cc43)nn2C2CCOCC2)C1. The molecule has 0 aliphatic carbocycles. The molecule has 1 atom stereocenters. The minimum absolute atomic E-state index is 0.000858. The lowest BCUT2D eigenvalue weighted by molar-refractivity contribution is -0.136. The minimum Gasteiger partial charge on any atom is -0.381 e. The maximum absolute atomic E-state index is 15.6. The van der Waals surface area contributed by atoms with Gasteiger partial charge in [0.05, 0.1) is 34.9 Å². The molecule has 4 fully saturated rings. The topological polar surface area (TPSA) is 176 Å². The number of carbonyl (C=O) groups is 6. The van der Waals surface area contributed by atoms with Crippen molar-refractivity contribution in [1.82, 2.24) is 39.3 Å². The molecule has 19 heteroatoms. The van der Waals surface area contributed by atoms with E-state index in [2.05, 4.69) is 29.3 Å². The molecule has 7 aliphatic rings. The van der Waals surface area contributed by atoms with E-state index in [0.717, 1.165) is 82.7 Å². The van der Waals surface area contributed by atoms with Crippen LogP contribution in [0.1, 0.15) is 133 Å². The van der Waals surface area contributed by atoms with Crippen molar-refractivity contribution in [2.75, 3.05) is 62.3 Å². The lowest BCUT2D eigenvalue weighted by Gasteiger charge is -2.37. The van der Waals surface area contributed by atoms with Crippen molar-refractivity contribution in [2.24, 2.45) is 5.92 Å². The van der Waals surface area contributed by atoms with Crippen LogP contribution >= 0.6 is 0 Å². The molecule has 7 aliphatic heterocycles. The van der Waals surface area contributed by atoms with Crippen molar-refractivity contribution < 1.29 is 42.3 Å². The number of nitrogens with one attached hydrogen (secondary N) is 1. The maximum atomic E-state index is 15.6. The number of amides is 6. The summed E-state index contributed by atoms with van der Waals surface area (Å²) < 4.78 is 41.2. The van der Waals surface area contributed by atoms with Crippen LogP contribution in [-0.4, -0.2) is 128 Å². The van der Waals surface area contributed by atoms with Gasteiger partial charge in [-0.2, -0.15) is 5.10 Å². The van der Waals surface area contributed by atoms with E-state index in [4.69, 9.17) is 9.84 Å². The summed E-state index contributed by atoms with van der Waals surface area (Å²) >= 11 is 0. The number of likely N-dealkylation sites (tertiary alicyclic amines) is 1. The molecule has 1 N–H and O–H groups in total. The van der Waals surface area contributed by atoms with E-state index in [1.807, 2.05) is 34.2 Å². The summed E-state index contributed by atoms with van der Waals surface area (Å²) in [7, 11) is 0. The second kappa shape index (κ2) is 19.4. The molecule has 5 aromatic rings. The number of ether oxygens (including phenoxy) is 1. The Morgan fingerprint density at radius 3 is 2.36 bits per heavy atom. The Morgan fingerprint density at radius 2 is 1.61 bits per heavy atom. The monoisotopic (exact) mass is 1010 g/mol. The highest BCUT2D eigenvalue weighted by Gasteiger charge is 2.46. The number of hydrogen-bond acceptors (Lipinski definition) is 11. The smallest absolute Gasteiger partial charge is 0.264 e. The fraction of sp³-hybridized carbons (Fsp3) is 0.491. The second-order valence-electron chi connectivity index (χ2n) is 21.1. The van der Waals surface area contributed by atoms with Crippen molar-refractivity contribution in [1.29, 1.82) is 0 Å². The van der Waals surface area contributed by atoms with E-state index in [0.29, 0.717) is 102 Å². The van der Waals surface area contributed by atoms with Crippen molar-refractivity contribution in [3.8, 4) is 11.1 Å². The van der Waals surface area contributed by atoms with Gasteiger partial charge in [-0.1, -0.05) is 6.07 Å². The maximum Gasteiger partial charge on any atom is 0.264 e. The van der Waals surface area contributed by atoms with E-state index < -0.39 is 36.1 Å². The zero-order valence-corrected chi connectivity index (χ0v) is 41.6. The van der Waals surface area contributed by atoms with Crippen LogP contribution in [0.15, 0.2) is 55.0 Å². The third-order valence-corrected chi connectivity index (χ3v) is 16.9. The Hall–Kier alpha value is -7.02. The van der Waals surface area contributed by atoms with Gasteiger partial charge in [-0.15, -0.1) is 0 Å². The number of halogens is 2. The number of piperidine rings is 3. The molecule has 74 heavy (non-hydrogen) atoms. The molecular weight excluding hydrogens is 951 g/mol. The van der Waals surface area contributed by atoms with Crippen LogP contribution in [0.5, 0.6) is 0 Å². The van der Waals surface area contributed by atoms with Crippen molar-refractivity contribution >= 4 is 63.5 Å². The fourth-order valence-corrected chi connectivity index (χ4v) is 13.0. The third-order valence-electron chi connectivity index (χ3n) is 16.9. The van der Waals surface area contributed by atoms with Gasteiger partial charge in [0, 0.05) is 137 Å². The molecule has 0 radical (unpaired) electrons. The second-order valence-corrected chi connectivity index (χ2v) is 21.1. The summed E-state index contributed by atoms with van der Waals surface area (Å²) in [4.78, 5) is 91.7. The molecular formula is C55H60F2N10O7. The first-order chi connectivity index (χ1) is 35.9. The number of aromatic nitrogens is 4. The van der Waals surface area contributed by atoms with E-state index in [1.54, 1.807) is 37.5 Å². The Labute approximate surface area is 426 Å². The van der Waals surface area contributed by atoms with E-state index in [-0.39, 0.29) is 59.3 Å². The molecule has 0 spiro atoms. The number of pyridine rings is 1. The molecule has 0 saturated carbocycles. The Kier molecular flexibility index (Phi) is 12.5. The number of hydrogen-bond donors (Lipinski definition) is 1. The highest BCUT2D eigenvalue weighted by Crippen LogP contribution is 2.46. The molecule has 386 valence electrons. The van der Waals surface area contributed by atoms with Gasteiger partial charge in [0.2, 0.25) is 23.6 Å². The van der Waals surface area contributed by atoms with E-state index in [1.165, 1.54) is 0 Å². The van der Waals surface area contributed by atoms with Crippen molar-refractivity contribution in [2.45, 2.75) is 115 Å². The van der Waals surface area contributed by atoms with Gasteiger partial charge in [0.25, 0.3) is 18.2 Å². The first-order valence-electron chi connectivity index (χ1n) is 26.4. The van der Waals surface area contributed by atoms with Crippen LogP contribution < -0.4 is 15.1 Å². The molecule has 6 amide bonds. The number of nitrogens with zero attached hydrogens (tertiary/aromatic N) is 9. The first-order valence-corrected chi connectivity index (χ1v) is 26.4. The molecule has 10 heterocycles. The molecule has 0 bridgehead atoms. The van der Waals surface area contributed by atoms with Crippen LogP contribution in [0, 0.1) is 5.92 Å². The average molecular weight is 1010 g/mol. The van der Waals surface area contributed by atoms with Crippen LogP contribution in [0.2, 0.25) is 0 Å². The van der Waals surface area contributed by atoms with Crippen LogP contribution in [-0.2, 0) is 43.3 Å². The number of benzene rings is 2. The predicted molar refractivity (Wildman–Crippen MR) is 269 cm³/mol. The highest BCUT2D eigenvalue weighted by atomic mass is 19.3. The van der Waals surface area contributed by atoms with Gasteiger partial charge in [-0.25, -0.2) is 8.78 Å². The Balaban J connectivity index is 0.734. The normalized spacial score (nSPS) is 21.2. The minimum atomic E-state index is -2.76. The van der Waals surface area contributed by atoms with Gasteiger partial charge in [0.15, 0.2) is 5.82 Å². The van der Waals surface area contributed by atoms with Gasteiger partial charge >= 0.3 is 0 Å². The third kappa shape index (κ3) is 8.40. The van der Waals surface area contributed by atoms with Crippen molar-refractivity contribution in [3.05, 3.63) is 88.5 Å². The Bertz CT molecular complexity index is 3110. The number of anilines is 3. The molecule has 2 aromatic carbocycles. The van der Waals surface area contributed by atoms with Crippen molar-refractivity contribution in [3.63, 3.8) is 0 Å². The first kappa shape index (κ1) is 48.0. The van der Waals surface area contributed by atoms with E-state index in [9.17, 15) is 28.8 Å². The lowest BCUT2D eigenvalue weighted by atomic mass is 9.91. The molecule has 4 saturated heterocycles. The summed E-state index contributed by atoms with van der Waals surface area (Å²) in [6, 6.07) is 9.90. The zero-order valence-electron chi connectivity index (χ0n) is 41.6. The number of rotatable bonds is 9. The van der Waals surface area contributed by atoms with Gasteiger partial charge in [-0.05, 0) is 105 Å². The predicted octanol–water partition coefficient (Wildman–Crippen LogP) is 7.05. The highest BCUT2D eigenvalue weighted by molar-refractivity contribution is 6.25. The largest absolute Gasteiger partial charge is 0.381 e. The summed E-state index contributed by atoms with van der Waals surface area (Å²) in [5.41, 5.74) is 7.01. The average Bonchev–Trinajstić information content (AvgIpc) is 4.09. The summed E-state index contributed by atoms with van der Waals surface area (Å²) in [6.07, 6.45) is 10.0. The van der Waals surface area contributed by atoms with Gasteiger partial charge in [0.1, 0.15) is 6.04 Å². The molecule has 12 rings (SSSR count). The zero-order chi connectivity index (χ0) is 50.9. The quantitative estimate of drug-likeness (QED) is 0.150. The lowest BCUT2D eigenvalue weighted by Crippen LogP contribution is -2.54. The number of imide groups is 2. The number of fused-ring (bicyclic) bond motifs is 4. The molecule has 3 aromatic heterocycles. The van der Waals surface area contributed by atoms with Gasteiger partial charge in [-0.3, -0.25) is 48.6 Å².